The van der Waals surface area contributed by atoms with Crippen molar-refractivity contribution in [2.75, 3.05) is 5.32 Å². The van der Waals surface area contributed by atoms with Gasteiger partial charge in [-0.1, -0.05) is 0 Å². The second-order valence-corrected chi connectivity index (χ2v) is 4.12. The molecule has 0 aliphatic rings. The first-order valence-electron chi connectivity index (χ1n) is 4.97. The highest BCUT2D eigenvalue weighted by Crippen LogP contribution is 2.17. The van der Waals surface area contributed by atoms with Crippen molar-refractivity contribution in [3.05, 3.63) is 41.7 Å². The molecule has 0 radical (unpaired) electrons. The molecule has 0 aromatic carbocycles. The maximum Gasteiger partial charge on any atom is 0.256 e. The Hall–Kier alpha value is -2.21. The molecular formula is C11H8N4OS. The van der Waals surface area contributed by atoms with Crippen molar-refractivity contribution < 1.29 is 4.79 Å². The van der Waals surface area contributed by atoms with Crippen LogP contribution in [0.25, 0.3) is 11.0 Å². The summed E-state index contributed by atoms with van der Waals surface area (Å²) < 4.78 is 3.93. The van der Waals surface area contributed by atoms with E-state index in [9.17, 15) is 4.79 Å². The van der Waals surface area contributed by atoms with E-state index in [-0.39, 0.29) is 5.91 Å². The zero-order chi connectivity index (χ0) is 11.7. The van der Waals surface area contributed by atoms with Gasteiger partial charge in [0, 0.05) is 23.2 Å². The molecule has 3 heterocycles. The zero-order valence-corrected chi connectivity index (χ0v) is 9.49. The lowest BCUT2D eigenvalue weighted by atomic mass is 10.2. The van der Waals surface area contributed by atoms with Crippen LogP contribution in [0.15, 0.2) is 36.1 Å². The Morgan fingerprint density at radius 2 is 2.35 bits per heavy atom. The van der Waals surface area contributed by atoms with Crippen molar-refractivity contribution in [2.45, 2.75) is 0 Å². The quantitative estimate of drug-likeness (QED) is 0.726. The fourth-order valence-corrected chi connectivity index (χ4v) is 2.09. The molecule has 0 spiro atoms. The minimum atomic E-state index is -0.155. The van der Waals surface area contributed by atoms with Crippen LogP contribution >= 0.6 is 11.5 Å². The monoisotopic (exact) mass is 244 g/mol. The number of carbonyl (C=O) groups is 1. The molecule has 0 aliphatic heterocycles. The third-order valence-electron chi connectivity index (χ3n) is 2.39. The number of hydrogen-bond donors (Lipinski definition) is 2. The second-order valence-electron chi connectivity index (χ2n) is 3.47. The molecule has 0 bridgehead atoms. The SMILES string of the molecule is O=C(Nc1cnsc1)c1ccnc2[nH]ccc12. The number of nitrogens with zero attached hydrogens (tertiary/aromatic N) is 2. The van der Waals surface area contributed by atoms with Gasteiger partial charge >= 0.3 is 0 Å². The summed E-state index contributed by atoms with van der Waals surface area (Å²) in [6, 6.07) is 3.54. The smallest absolute Gasteiger partial charge is 0.256 e. The summed E-state index contributed by atoms with van der Waals surface area (Å²) in [6.45, 7) is 0. The lowest BCUT2D eigenvalue weighted by molar-refractivity contribution is 0.102. The largest absolute Gasteiger partial charge is 0.346 e. The molecule has 2 N–H and O–H groups in total. The predicted molar refractivity (Wildman–Crippen MR) is 66.2 cm³/mol. The lowest BCUT2D eigenvalue weighted by Crippen LogP contribution is -2.11. The summed E-state index contributed by atoms with van der Waals surface area (Å²) in [6.07, 6.45) is 5.00. The van der Waals surface area contributed by atoms with Gasteiger partial charge in [-0.05, 0) is 23.7 Å². The van der Waals surface area contributed by atoms with Crippen LogP contribution in [0, 0.1) is 0 Å². The molecule has 0 saturated heterocycles. The number of aromatic amines is 1. The Kier molecular flexibility index (Phi) is 2.34. The molecule has 0 unspecified atom stereocenters. The van der Waals surface area contributed by atoms with E-state index in [1.807, 2.05) is 6.07 Å². The number of amides is 1. The van der Waals surface area contributed by atoms with Crippen LogP contribution in [0.2, 0.25) is 0 Å². The van der Waals surface area contributed by atoms with Gasteiger partial charge in [-0.2, -0.15) is 4.37 Å². The van der Waals surface area contributed by atoms with E-state index in [4.69, 9.17) is 0 Å². The number of nitrogens with one attached hydrogen (secondary N) is 2. The van der Waals surface area contributed by atoms with E-state index >= 15 is 0 Å². The molecule has 3 aromatic rings. The van der Waals surface area contributed by atoms with Crippen LogP contribution in [0.1, 0.15) is 10.4 Å². The van der Waals surface area contributed by atoms with E-state index in [0.29, 0.717) is 16.9 Å². The Morgan fingerprint density at radius 1 is 1.41 bits per heavy atom. The number of H-pyrrole nitrogens is 1. The molecule has 3 rings (SSSR count). The highest BCUT2D eigenvalue weighted by atomic mass is 32.1. The van der Waals surface area contributed by atoms with Gasteiger partial charge in [0.25, 0.3) is 5.91 Å². The van der Waals surface area contributed by atoms with Crippen molar-refractivity contribution >= 4 is 34.2 Å². The molecule has 0 aliphatic carbocycles. The average molecular weight is 244 g/mol. The van der Waals surface area contributed by atoms with Gasteiger partial charge in [-0.3, -0.25) is 4.79 Å². The fraction of sp³-hybridized carbons (Fsp3) is 0. The Bertz CT molecular complexity index is 659. The molecule has 3 aromatic heterocycles. The first-order chi connectivity index (χ1) is 8.34. The van der Waals surface area contributed by atoms with E-state index in [1.54, 1.807) is 30.0 Å². The van der Waals surface area contributed by atoms with Crippen LogP contribution in [-0.2, 0) is 0 Å². The molecule has 84 valence electrons. The highest BCUT2D eigenvalue weighted by molar-refractivity contribution is 7.04. The number of rotatable bonds is 2. The van der Waals surface area contributed by atoms with Crippen molar-refractivity contribution in [1.82, 2.24) is 14.3 Å². The van der Waals surface area contributed by atoms with Crippen LogP contribution in [0.5, 0.6) is 0 Å². The number of pyridine rings is 1. The lowest BCUT2D eigenvalue weighted by Gasteiger charge is -2.03. The number of fused-ring (bicyclic) bond motifs is 1. The van der Waals surface area contributed by atoms with E-state index in [1.165, 1.54) is 11.5 Å². The van der Waals surface area contributed by atoms with Gasteiger partial charge in [-0.25, -0.2) is 4.98 Å². The highest BCUT2D eigenvalue weighted by Gasteiger charge is 2.11. The van der Waals surface area contributed by atoms with Crippen molar-refractivity contribution in [2.24, 2.45) is 0 Å². The van der Waals surface area contributed by atoms with Crippen LogP contribution in [-0.4, -0.2) is 20.2 Å². The third kappa shape index (κ3) is 1.78. The van der Waals surface area contributed by atoms with Crippen molar-refractivity contribution in [3.8, 4) is 0 Å². The number of aromatic nitrogens is 3. The Labute approximate surface area is 101 Å². The standard InChI is InChI=1S/C11H8N4OS/c16-11(15-7-5-14-17-6-7)9-2-4-13-10-8(9)1-3-12-10/h1-6H,(H,12,13)(H,15,16). The summed E-state index contributed by atoms with van der Waals surface area (Å²) in [4.78, 5) is 19.2. The maximum atomic E-state index is 12.0. The van der Waals surface area contributed by atoms with E-state index in [0.717, 1.165) is 5.39 Å². The van der Waals surface area contributed by atoms with Gasteiger partial charge in [-0.15, -0.1) is 0 Å². The molecule has 0 saturated carbocycles. The Morgan fingerprint density at radius 3 is 3.18 bits per heavy atom. The van der Waals surface area contributed by atoms with Crippen molar-refractivity contribution in [3.63, 3.8) is 0 Å². The molecule has 1 amide bonds. The maximum absolute atomic E-state index is 12.0. The molecule has 6 heteroatoms. The summed E-state index contributed by atoms with van der Waals surface area (Å²) in [5.41, 5.74) is 2.02. The topological polar surface area (TPSA) is 70.7 Å². The second kappa shape index (κ2) is 3.99. The Balaban J connectivity index is 1.98. The van der Waals surface area contributed by atoms with Gasteiger partial charge < -0.3 is 10.3 Å². The summed E-state index contributed by atoms with van der Waals surface area (Å²) in [7, 11) is 0. The third-order valence-corrected chi connectivity index (χ3v) is 2.98. The average Bonchev–Trinajstić information content (AvgIpc) is 2.97. The van der Waals surface area contributed by atoms with Gasteiger partial charge in [0.15, 0.2) is 0 Å². The minimum absolute atomic E-state index is 0.155. The number of hydrogen-bond acceptors (Lipinski definition) is 4. The predicted octanol–water partition coefficient (Wildman–Crippen LogP) is 2.27. The summed E-state index contributed by atoms with van der Waals surface area (Å²) >= 11 is 1.30. The molecule has 17 heavy (non-hydrogen) atoms. The zero-order valence-electron chi connectivity index (χ0n) is 8.68. The summed E-state index contributed by atoms with van der Waals surface area (Å²) in [5, 5.41) is 5.39. The number of anilines is 1. The van der Waals surface area contributed by atoms with Gasteiger partial charge in [0.1, 0.15) is 5.65 Å². The number of carbonyl (C=O) groups excluding carboxylic acids is 1. The van der Waals surface area contributed by atoms with Gasteiger partial charge in [0.05, 0.1) is 17.4 Å². The molecule has 0 fully saturated rings. The van der Waals surface area contributed by atoms with Crippen LogP contribution in [0.4, 0.5) is 5.69 Å². The fourth-order valence-electron chi connectivity index (χ4n) is 1.62. The normalized spacial score (nSPS) is 10.6. The van der Waals surface area contributed by atoms with Crippen molar-refractivity contribution in [1.29, 1.82) is 0 Å². The molecule has 0 atom stereocenters. The first kappa shape index (κ1) is 9.98. The first-order valence-corrected chi connectivity index (χ1v) is 5.81. The van der Waals surface area contributed by atoms with Crippen LogP contribution in [0.3, 0.4) is 0 Å². The van der Waals surface area contributed by atoms with Crippen LogP contribution < -0.4 is 5.32 Å². The summed E-state index contributed by atoms with van der Waals surface area (Å²) in [5.74, 6) is -0.155. The van der Waals surface area contributed by atoms with E-state index < -0.39 is 0 Å². The minimum Gasteiger partial charge on any atom is -0.346 e. The molecule has 5 nitrogen and oxygen atoms in total. The molecular weight excluding hydrogens is 236 g/mol. The van der Waals surface area contributed by atoms with E-state index in [2.05, 4.69) is 19.7 Å². The van der Waals surface area contributed by atoms with Gasteiger partial charge in [0.2, 0.25) is 0 Å².